The van der Waals surface area contributed by atoms with E-state index < -0.39 is 11.2 Å². The molecule has 1 aromatic heterocycles. The number of piperidine rings is 2. The average molecular weight is 403 g/mol. The highest BCUT2D eigenvalue weighted by Crippen LogP contribution is 2.26. The van der Waals surface area contributed by atoms with Crippen molar-refractivity contribution in [2.75, 3.05) is 39.3 Å². The predicted molar refractivity (Wildman–Crippen MR) is 107 cm³/mol. The van der Waals surface area contributed by atoms with Crippen LogP contribution in [0.1, 0.15) is 49.0 Å². The quantitative estimate of drug-likeness (QED) is 0.738. The Kier molecular flexibility index (Phi) is 5.84. The number of rotatable bonds is 3. The number of carbonyl (C=O) groups excluding carboxylic acids is 2. The highest BCUT2D eigenvalue weighted by molar-refractivity contribution is 5.92. The molecule has 0 spiro atoms. The Bertz CT molecular complexity index is 836. The summed E-state index contributed by atoms with van der Waals surface area (Å²) in [6, 6.07) is 1.50. The zero-order chi connectivity index (χ0) is 20.4. The zero-order valence-corrected chi connectivity index (χ0v) is 16.7. The first-order chi connectivity index (χ1) is 14.0. The van der Waals surface area contributed by atoms with Crippen LogP contribution in [0.3, 0.4) is 0 Å². The molecule has 0 aromatic carbocycles. The predicted octanol–water partition coefficient (Wildman–Crippen LogP) is 0.00220. The number of H-pyrrole nitrogens is 2. The van der Waals surface area contributed by atoms with Crippen LogP contribution in [0.5, 0.6) is 0 Å². The summed E-state index contributed by atoms with van der Waals surface area (Å²) in [5, 5.41) is 0. The van der Waals surface area contributed by atoms with Crippen molar-refractivity contribution in [2.24, 2.45) is 5.92 Å². The maximum absolute atomic E-state index is 12.8. The highest BCUT2D eigenvalue weighted by Gasteiger charge is 2.34. The van der Waals surface area contributed by atoms with Crippen LogP contribution in [-0.2, 0) is 4.79 Å². The summed E-state index contributed by atoms with van der Waals surface area (Å²) >= 11 is 0. The van der Waals surface area contributed by atoms with Gasteiger partial charge in [-0.25, -0.2) is 4.79 Å². The Hall–Kier alpha value is -2.42. The van der Waals surface area contributed by atoms with Crippen LogP contribution in [0.15, 0.2) is 15.7 Å². The minimum absolute atomic E-state index is 0.0337. The van der Waals surface area contributed by atoms with Crippen LogP contribution in [0, 0.1) is 5.92 Å². The molecule has 1 aromatic rings. The monoisotopic (exact) mass is 403 g/mol. The summed E-state index contributed by atoms with van der Waals surface area (Å²) in [6.45, 7) is 4.79. The van der Waals surface area contributed by atoms with E-state index in [1.807, 2.05) is 4.90 Å². The summed E-state index contributed by atoms with van der Waals surface area (Å²) < 4.78 is 0. The fourth-order valence-corrected chi connectivity index (χ4v) is 4.92. The molecule has 0 unspecified atom stereocenters. The van der Waals surface area contributed by atoms with Crippen molar-refractivity contribution in [3.63, 3.8) is 0 Å². The number of hydrogen-bond acceptors (Lipinski definition) is 5. The number of likely N-dealkylation sites (tertiary alicyclic amines) is 3. The van der Waals surface area contributed by atoms with Crippen molar-refractivity contribution in [2.45, 2.75) is 44.6 Å². The van der Waals surface area contributed by atoms with Gasteiger partial charge in [-0.2, -0.15) is 0 Å². The molecule has 2 amide bonds. The van der Waals surface area contributed by atoms with Crippen molar-refractivity contribution in [3.05, 3.63) is 32.6 Å². The lowest BCUT2D eigenvalue weighted by Crippen LogP contribution is -2.52. The van der Waals surface area contributed by atoms with Gasteiger partial charge in [0, 0.05) is 44.8 Å². The first kappa shape index (κ1) is 19.9. The smallest absolute Gasteiger partial charge is 0.326 e. The topological polar surface area (TPSA) is 110 Å². The Labute approximate surface area is 169 Å². The Morgan fingerprint density at radius 3 is 2.28 bits per heavy atom. The summed E-state index contributed by atoms with van der Waals surface area (Å²) in [4.78, 5) is 58.9. The van der Waals surface area contributed by atoms with Crippen LogP contribution in [0.2, 0.25) is 0 Å². The van der Waals surface area contributed by atoms with E-state index in [4.69, 9.17) is 0 Å². The molecule has 29 heavy (non-hydrogen) atoms. The summed E-state index contributed by atoms with van der Waals surface area (Å²) in [6.07, 6.45) is 5.92. The average Bonchev–Trinajstić information content (AvgIpc) is 3.27. The number of nitrogens with zero attached hydrogens (tertiary/aromatic N) is 3. The van der Waals surface area contributed by atoms with Gasteiger partial charge in [0.1, 0.15) is 5.69 Å². The van der Waals surface area contributed by atoms with Crippen LogP contribution in [-0.4, -0.2) is 81.8 Å². The van der Waals surface area contributed by atoms with Gasteiger partial charge in [0.2, 0.25) is 5.91 Å². The van der Waals surface area contributed by atoms with Gasteiger partial charge in [-0.15, -0.1) is 0 Å². The molecular formula is C20H29N5O4. The summed E-state index contributed by atoms with van der Waals surface area (Å²) in [5.41, 5.74) is -1.21. The lowest BCUT2D eigenvalue weighted by molar-refractivity contribution is -0.136. The Morgan fingerprint density at radius 1 is 0.862 bits per heavy atom. The van der Waals surface area contributed by atoms with Crippen LogP contribution >= 0.6 is 0 Å². The molecular weight excluding hydrogens is 374 g/mol. The SMILES string of the molecule is O=C(c1cc(=O)[nH]c(=O)[nH]1)N1CCC(N2CCC[C@@H](C(=O)N3CCCC3)C2)CC1. The normalized spacial score (nSPS) is 24.1. The van der Waals surface area contributed by atoms with Gasteiger partial charge < -0.3 is 14.8 Å². The Balaban J connectivity index is 1.33. The van der Waals surface area contributed by atoms with Gasteiger partial charge >= 0.3 is 5.69 Å². The van der Waals surface area contributed by atoms with E-state index in [9.17, 15) is 19.2 Å². The molecule has 9 nitrogen and oxygen atoms in total. The Morgan fingerprint density at radius 2 is 1.59 bits per heavy atom. The lowest BCUT2D eigenvalue weighted by atomic mass is 9.93. The van der Waals surface area contributed by atoms with E-state index >= 15 is 0 Å². The minimum Gasteiger partial charge on any atom is -0.342 e. The third kappa shape index (κ3) is 4.44. The number of nitrogens with one attached hydrogen (secondary N) is 2. The van der Waals surface area contributed by atoms with E-state index in [-0.39, 0.29) is 17.5 Å². The van der Waals surface area contributed by atoms with E-state index in [2.05, 4.69) is 14.9 Å². The van der Waals surface area contributed by atoms with Crippen molar-refractivity contribution >= 4 is 11.8 Å². The van der Waals surface area contributed by atoms with E-state index in [1.165, 1.54) is 0 Å². The molecule has 0 radical (unpaired) electrons. The molecule has 3 aliphatic heterocycles. The molecule has 3 aliphatic rings. The molecule has 2 N–H and O–H groups in total. The molecule has 4 rings (SSSR count). The van der Waals surface area contributed by atoms with Gasteiger partial charge in [0.25, 0.3) is 11.5 Å². The second-order valence-electron chi connectivity index (χ2n) is 8.39. The third-order valence-corrected chi connectivity index (χ3v) is 6.48. The standard InChI is InChI=1S/C20H29N5O4/c26-17-12-16(21-20(29)22-17)19(28)24-10-5-15(6-11-24)25-9-3-4-14(13-25)18(27)23-7-1-2-8-23/h12,14-15H,1-11,13H2,(H2,21,22,26,29)/t14-/m1/s1. The molecule has 158 valence electrons. The maximum Gasteiger partial charge on any atom is 0.326 e. The number of aromatic amines is 2. The van der Waals surface area contributed by atoms with Crippen LogP contribution < -0.4 is 11.2 Å². The molecule has 0 bridgehead atoms. The van der Waals surface area contributed by atoms with Crippen molar-refractivity contribution in [1.82, 2.24) is 24.7 Å². The molecule has 9 heteroatoms. The second kappa shape index (κ2) is 8.52. The number of amides is 2. The van der Waals surface area contributed by atoms with E-state index in [0.717, 1.165) is 70.8 Å². The first-order valence-electron chi connectivity index (χ1n) is 10.7. The number of carbonyl (C=O) groups is 2. The fourth-order valence-electron chi connectivity index (χ4n) is 4.92. The van der Waals surface area contributed by atoms with Gasteiger partial charge in [0.15, 0.2) is 0 Å². The van der Waals surface area contributed by atoms with Gasteiger partial charge in [-0.3, -0.25) is 24.3 Å². The van der Waals surface area contributed by atoms with Gasteiger partial charge in [-0.05, 0) is 45.1 Å². The first-order valence-corrected chi connectivity index (χ1v) is 10.7. The fraction of sp³-hybridized carbons (Fsp3) is 0.700. The zero-order valence-electron chi connectivity index (χ0n) is 16.7. The van der Waals surface area contributed by atoms with E-state index in [1.54, 1.807) is 4.90 Å². The largest absolute Gasteiger partial charge is 0.342 e. The summed E-state index contributed by atoms with van der Waals surface area (Å²) in [5.74, 6) is 0.105. The third-order valence-electron chi connectivity index (χ3n) is 6.48. The van der Waals surface area contributed by atoms with Crippen molar-refractivity contribution in [1.29, 1.82) is 0 Å². The number of aromatic nitrogens is 2. The molecule has 4 heterocycles. The molecule has 1 atom stereocenters. The molecule has 0 aliphatic carbocycles. The summed E-state index contributed by atoms with van der Waals surface area (Å²) in [7, 11) is 0. The molecule has 0 saturated carbocycles. The number of hydrogen-bond donors (Lipinski definition) is 2. The van der Waals surface area contributed by atoms with Crippen molar-refractivity contribution in [3.8, 4) is 0 Å². The van der Waals surface area contributed by atoms with Crippen LogP contribution in [0.4, 0.5) is 0 Å². The molecule has 3 fully saturated rings. The maximum atomic E-state index is 12.8. The second-order valence-corrected chi connectivity index (χ2v) is 8.39. The minimum atomic E-state index is -0.669. The highest BCUT2D eigenvalue weighted by atomic mass is 16.2. The molecule has 3 saturated heterocycles. The lowest BCUT2D eigenvalue weighted by Gasteiger charge is -2.42. The van der Waals surface area contributed by atoms with Crippen LogP contribution in [0.25, 0.3) is 0 Å². The van der Waals surface area contributed by atoms with E-state index in [0.29, 0.717) is 25.0 Å². The van der Waals surface area contributed by atoms with Gasteiger partial charge in [-0.1, -0.05) is 0 Å². The van der Waals surface area contributed by atoms with Gasteiger partial charge in [0.05, 0.1) is 5.92 Å². The van der Waals surface area contributed by atoms with Crippen molar-refractivity contribution < 1.29 is 9.59 Å².